The molecule has 0 saturated carbocycles. The van der Waals surface area contributed by atoms with Crippen molar-refractivity contribution in [2.45, 2.75) is 51.4 Å². The largest absolute Gasteiger partial charge is 0.418 e. The van der Waals surface area contributed by atoms with Crippen LogP contribution in [-0.2, 0) is 23.1 Å². The number of hydrogen-bond donors (Lipinski definition) is 1. The molecule has 0 radical (unpaired) electrons. The topological polar surface area (TPSA) is 85.4 Å². The predicted molar refractivity (Wildman–Crippen MR) is 106 cm³/mol. The van der Waals surface area contributed by atoms with Gasteiger partial charge in [0.2, 0.25) is 11.8 Å². The second kappa shape index (κ2) is 6.95. The summed E-state index contributed by atoms with van der Waals surface area (Å²) >= 11 is 0. The minimum Gasteiger partial charge on any atom is -0.418 e. The summed E-state index contributed by atoms with van der Waals surface area (Å²) < 4.78 is 14.5. The van der Waals surface area contributed by atoms with E-state index in [-0.39, 0.29) is 17.6 Å². The number of ether oxygens (including phenoxy) is 1. The molecule has 0 aromatic carbocycles. The van der Waals surface area contributed by atoms with E-state index < -0.39 is 0 Å². The van der Waals surface area contributed by atoms with Gasteiger partial charge in [0.25, 0.3) is 5.89 Å². The molecule has 8 nitrogen and oxygen atoms in total. The molecule has 1 N–H and O–H groups in total. The first-order valence-corrected chi connectivity index (χ1v) is 10.6. The standard InChI is InChI=1S/C21H29N5O3/c1-4-18(27)22-9-14-15-10-26(12-21(15)8-7-17(14)29-21)11-19-23-24-20(28-19)16-6-5-13(2)25(16)3/h5-6,14-15,17H,4,7-12H2,1-3H3,(H,22,27)/t14-,15+,17+,21+/m0/s1. The number of carbonyl (C=O) groups excluding carboxylic acids is 1. The van der Waals surface area contributed by atoms with Gasteiger partial charge in [-0.15, -0.1) is 10.2 Å². The van der Waals surface area contributed by atoms with Crippen LogP contribution in [0.15, 0.2) is 16.5 Å². The Bertz CT molecular complexity index is 921. The van der Waals surface area contributed by atoms with E-state index in [0.29, 0.717) is 36.6 Å². The molecule has 1 amide bonds. The molecule has 0 aliphatic carbocycles. The third-order valence-corrected chi connectivity index (χ3v) is 7.13. The number of likely N-dealkylation sites (tertiary alicyclic amines) is 1. The summed E-state index contributed by atoms with van der Waals surface area (Å²) in [4.78, 5) is 14.1. The fourth-order valence-electron chi connectivity index (χ4n) is 5.48. The first-order valence-electron chi connectivity index (χ1n) is 10.6. The summed E-state index contributed by atoms with van der Waals surface area (Å²) in [5.74, 6) is 2.17. The van der Waals surface area contributed by atoms with Gasteiger partial charge in [-0.05, 0) is 31.9 Å². The molecule has 3 fully saturated rings. The summed E-state index contributed by atoms with van der Waals surface area (Å²) in [5.41, 5.74) is 2.02. The minimum atomic E-state index is -0.0651. The Hall–Kier alpha value is -2.19. The van der Waals surface area contributed by atoms with E-state index in [4.69, 9.17) is 9.15 Å². The molecule has 2 aromatic heterocycles. The number of amides is 1. The van der Waals surface area contributed by atoms with Gasteiger partial charge in [0.05, 0.1) is 18.2 Å². The van der Waals surface area contributed by atoms with Crippen molar-refractivity contribution in [2.75, 3.05) is 19.6 Å². The van der Waals surface area contributed by atoms with Crippen molar-refractivity contribution < 1.29 is 13.9 Å². The lowest BCUT2D eigenvalue weighted by molar-refractivity contribution is -0.121. The lowest BCUT2D eigenvalue weighted by Crippen LogP contribution is -2.41. The summed E-state index contributed by atoms with van der Waals surface area (Å²) in [6, 6.07) is 4.05. The molecule has 1 spiro atoms. The quantitative estimate of drug-likeness (QED) is 0.798. The Morgan fingerprint density at radius 2 is 2.24 bits per heavy atom. The average Bonchev–Trinajstić information content (AvgIpc) is 3.49. The number of nitrogens with zero attached hydrogens (tertiary/aromatic N) is 4. The van der Waals surface area contributed by atoms with Crippen LogP contribution in [0.4, 0.5) is 0 Å². The van der Waals surface area contributed by atoms with E-state index in [1.165, 1.54) is 0 Å². The second-order valence-corrected chi connectivity index (χ2v) is 8.78. The highest BCUT2D eigenvalue weighted by Gasteiger charge is 2.62. The Labute approximate surface area is 170 Å². The van der Waals surface area contributed by atoms with Gasteiger partial charge in [-0.3, -0.25) is 9.69 Å². The smallest absolute Gasteiger partial charge is 0.264 e. The molecule has 3 aliphatic heterocycles. The van der Waals surface area contributed by atoms with Crippen molar-refractivity contribution in [1.29, 1.82) is 0 Å². The third kappa shape index (κ3) is 3.09. The van der Waals surface area contributed by atoms with Crippen LogP contribution in [0.2, 0.25) is 0 Å². The number of rotatable bonds is 6. The normalized spacial score (nSPS) is 30.8. The molecule has 3 saturated heterocycles. The van der Waals surface area contributed by atoms with E-state index in [1.807, 2.05) is 26.1 Å². The monoisotopic (exact) mass is 399 g/mol. The maximum atomic E-state index is 11.7. The summed E-state index contributed by atoms with van der Waals surface area (Å²) in [6.45, 7) is 7.14. The third-order valence-electron chi connectivity index (χ3n) is 7.13. The molecular weight excluding hydrogens is 370 g/mol. The van der Waals surface area contributed by atoms with Gasteiger partial charge in [0, 0.05) is 50.6 Å². The van der Waals surface area contributed by atoms with E-state index in [0.717, 1.165) is 43.9 Å². The lowest BCUT2D eigenvalue weighted by Gasteiger charge is -2.29. The fraction of sp³-hybridized carbons (Fsp3) is 0.667. The van der Waals surface area contributed by atoms with Gasteiger partial charge in [0.1, 0.15) is 5.69 Å². The van der Waals surface area contributed by atoms with Crippen molar-refractivity contribution >= 4 is 5.91 Å². The molecule has 29 heavy (non-hydrogen) atoms. The molecule has 3 aliphatic rings. The first kappa shape index (κ1) is 18.8. The van der Waals surface area contributed by atoms with Crippen molar-refractivity contribution in [2.24, 2.45) is 18.9 Å². The fourth-order valence-corrected chi connectivity index (χ4v) is 5.48. The van der Waals surface area contributed by atoms with Crippen LogP contribution in [-0.4, -0.2) is 56.9 Å². The zero-order valence-electron chi connectivity index (χ0n) is 17.4. The van der Waals surface area contributed by atoms with Crippen LogP contribution in [0.3, 0.4) is 0 Å². The van der Waals surface area contributed by atoms with Gasteiger partial charge >= 0.3 is 0 Å². The second-order valence-electron chi connectivity index (χ2n) is 8.78. The van der Waals surface area contributed by atoms with Crippen LogP contribution in [0, 0.1) is 18.8 Å². The number of aryl methyl sites for hydroxylation is 1. The highest BCUT2D eigenvalue weighted by atomic mass is 16.5. The van der Waals surface area contributed by atoms with Crippen molar-refractivity contribution in [3.8, 4) is 11.6 Å². The first-order chi connectivity index (χ1) is 14.0. The van der Waals surface area contributed by atoms with Crippen molar-refractivity contribution in [3.05, 3.63) is 23.7 Å². The lowest BCUT2D eigenvalue weighted by atomic mass is 9.73. The van der Waals surface area contributed by atoms with Gasteiger partial charge in [-0.25, -0.2) is 0 Å². The summed E-state index contributed by atoms with van der Waals surface area (Å²) in [6.07, 6.45) is 3.01. The van der Waals surface area contributed by atoms with Crippen LogP contribution in [0.5, 0.6) is 0 Å². The Kier molecular flexibility index (Phi) is 4.51. The van der Waals surface area contributed by atoms with Crippen LogP contribution in [0.25, 0.3) is 11.6 Å². The average molecular weight is 399 g/mol. The molecule has 5 heterocycles. The maximum Gasteiger partial charge on any atom is 0.264 e. The Balaban J connectivity index is 1.26. The molecule has 2 bridgehead atoms. The summed E-state index contributed by atoms with van der Waals surface area (Å²) in [7, 11) is 2.00. The molecule has 8 heteroatoms. The SMILES string of the molecule is CCC(=O)NC[C@H]1[C@H]2CN(Cc3nnc(-c4ccc(C)n4C)o3)C[C@]23CC[C@H]1O3. The molecule has 156 valence electrons. The van der Waals surface area contributed by atoms with Crippen LogP contribution >= 0.6 is 0 Å². The van der Waals surface area contributed by atoms with Gasteiger partial charge in [0.15, 0.2) is 0 Å². The van der Waals surface area contributed by atoms with Crippen LogP contribution in [0.1, 0.15) is 37.8 Å². The van der Waals surface area contributed by atoms with Gasteiger partial charge < -0.3 is 19.0 Å². The van der Waals surface area contributed by atoms with E-state index in [1.54, 1.807) is 0 Å². The van der Waals surface area contributed by atoms with E-state index in [9.17, 15) is 4.79 Å². The summed E-state index contributed by atoms with van der Waals surface area (Å²) in [5, 5.41) is 11.6. The Morgan fingerprint density at radius 3 is 3.00 bits per heavy atom. The van der Waals surface area contributed by atoms with E-state index >= 15 is 0 Å². The number of hydrogen-bond acceptors (Lipinski definition) is 6. The van der Waals surface area contributed by atoms with E-state index in [2.05, 4.69) is 31.9 Å². The van der Waals surface area contributed by atoms with Gasteiger partial charge in [-0.1, -0.05) is 6.92 Å². The number of fused-ring (bicyclic) bond motifs is 1. The number of carbonyl (C=O) groups is 1. The minimum absolute atomic E-state index is 0.0651. The van der Waals surface area contributed by atoms with Gasteiger partial charge in [-0.2, -0.15) is 0 Å². The Morgan fingerprint density at radius 1 is 1.38 bits per heavy atom. The van der Waals surface area contributed by atoms with Crippen molar-refractivity contribution in [3.63, 3.8) is 0 Å². The number of aromatic nitrogens is 3. The molecule has 4 atom stereocenters. The molecular formula is C21H29N5O3. The number of nitrogens with one attached hydrogen (secondary N) is 1. The molecule has 2 aromatic rings. The van der Waals surface area contributed by atoms with Crippen LogP contribution < -0.4 is 5.32 Å². The zero-order chi connectivity index (χ0) is 20.2. The molecule has 0 unspecified atom stereocenters. The highest BCUT2D eigenvalue weighted by molar-refractivity contribution is 5.75. The van der Waals surface area contributed by atoms with Crippen molar-refractivity contribution in [1.82, 2.24) is 25.0 Å². The zero-order valence-corrected chi connectivity index (χ0v) is 17.4. The molecule has 5 rings (SSSR count). The highest BCUT2D eigenvalue weighted by Crippen LogP contribution is 2.54. The predicted octanol–water partition coefficient (Wildman–Crippen LogP) is 1.89. The maximum absolute atomic E-state index is 11.7.